The van der Waals surface area contributed by atoms with Gasteiger partial charge in [-0.2, -0.15) is 0 Å². The van der Waals surface area contributed by atoms with Crippen molar-refractivity contribution in [2.45, 2.75) is 51.4 Å². The predicted molar refractivity (Wildman–Crippen MR) is 104 cm³/mol. The normalized spacial score (nSPS) is 8.50. The first-order valence-corrected chi connectivity index (χ1v) is 8.63. The molecule has 0 aliphatic heterocycles. The van der Waals surface area contributed by atoms with Crippen molar-refractivity contribution >= 4 is 18.2 Å². The molecule has 3 amide bonds. The van der Waals surface area contributed by atoms with Gasteiger partial charge >= 0.3 is 0 Å². The van der Waals surface area contributed by atoms with Gasteiger partial charge in [-0.05, 0) is 19.3 Å². The first-order valence-electron chi connectivity index (χ1n) is 8.63. The van der Waals surface area contributed by atoms with Crippen molar-refractivity contribution in [3.63, 3.8) is 0 Å². The lowest BCUT2D eigenvalue weighted by atomic mass is 10.2. The molecular weight excluding hydrogens is 330 g/mol. The maximum atomic E-state index is 11.2. The van der Waals surface area contributed by atoms with Crippen molar-refractivity contribution < 1.29 is 14.4 Å². The quantitative estimate of drug-likeness (QED) is 0.260. The monoisotopic (exact) mass is 359 g/mol. The minimum absolute atomic E-state index is 0.000498. The summed E-state index contributed by atoms with van der Waals surface area (Å²) < 4.78 is 0. The highest BCUT2D eigenvalue weighted by Crippen LogP contribution is 1.94. The molecule has 0 saturated carbocycles. The number of unbranched alkanes of at least 4 members (excludes halogenated alkanes) is 2. The Balaban J connectivity index is 0. The number of amides is 3. The number of nitrogens with one attached hydrogen (secondary N) is 3. The number of rotatable bonds is 13. The second-order valence-electron chi connectivity index (χ2n) is 5.19. The van der Waals surface area contributed by atoms with E-state index in [0.717, 1.165) is 19.3 Å². The molecule has 0 heterocycles. The van der Waals surface area contributed by atoms with Crippen LogP contribution in [0.3, 0.4) is 0 Å². The van der Waals surface area contributed by atoms with Crippen molar-refractivity contribution in [2.75, 3.05) is 19.6 Å². The molecule has 0 radical (unpaired) electrons. The molecule has 0 saturated heterocycles. The van der Waals surface area contributed by atoms with Crippen LogP contribution in [0.5, 0.6) is 0 Å². The van der Waals surface area contributed by atoms with E-state index in [1.165, 1.54) is 0 Å². The highest BCUT2D eigenvalue weighted by atomic mass is 16.2. The van der Waals surface area contributed by atoms with Gasteiger partial charge in [0.05, 0.1) is 0 Å². The number of hydrogen-bond acceptors (Lipinski definition) is 3. The highest BCUT2D eigenvalue weighted by Gasteiger charge is 2.00. The number of terminal acetylenes is 3. The minimum Gasteiger partial charge on any atom is -0.358 e. The fourth-order valence-electron chi connectivity index (χ4n) is 1.63. The van der Waals surface area contributed by atoms with E-state index in [4.69, 9.17) is 19.3 Å². The molecule has 0 aromatic heterocycles. The summed E-state index contributed by atoms with van der Waals surface area (Å²) in [5.41, 5.74) is 0. The van der Waals surface area contributed by atoms with Crippen LogP contribution in [0.4, 0.5) is 0 Å². The smallest absolute Gasteiger partial charge is 0.220 e. The average molecular weight is 359 g/mol. The zero-order valence-corrected chi connectivity index (χ0v) is 15.3. The average Bonchev–Trinajstić information content (AvgIpc) is 2.64. The van der Waals surface area contributed by atoms with Crippen LogP contribution in [0.15, 0.2) is 0 Å². The summed E-state index contributed by atoms with van der Waals surface area (Å²) in [6.45, 7) is 1.91. The van der Waals surface area contributed by atoms with Crippen LogP contribution in [-0.4, -0.2) is 37.9 Å². The predicted octanol–water partition coefficient (Wildman–Crippen LogP) is 0.972. The third-order valence-electron chi connectivity index (χ3n) is 2.99. The second-order valence-corrected chi connectivity index (χ2v) is 5.19. The molecule has 6 heteroatoms. The zero-order valence-electron chi connectivity index (χ0n) is 15.3. The van der Waals surface area contributed by atoms with Gasteiger partial charge in [0.1, 0.15) is 0 Å². The lowest BCUT2D eigenvalue weighted by molar-refractivity contribution is -0.121. The maximum Gasteiger partial charge on any atom is 0.220 e. The van der Waals surface area contributed by atoms with Crippen molar-refractivity contribution in [3.05, 3.63) is 0 Å². The highest BCUT2D eigenvalue weighted by molar-refractivity contribution is 5.76. The fraction of sp³-hybridized carbons (Fsp3) is 0.550. The van der Waals surface area contributed by atoms with E-state index in [0.29, 0.717) is 58.1 Å². The Bertz CT molecular complexity index is 476. The molecule has 0 atom stereocenters. The van der Waals surface area contributed by atoms with Crippen LogP contribution in [-0.2, 0) is 14.4 Å². The molecule has 0 unspecified atom stereocenters. The molecule has 0 aromatic carbocycles. The van der Waals surface area contributed by atoms with Gasteiger partial charge in [-0.3, -0.25) is 14.4 Å². The first kappa shape index (κ1) is 25.3. The number of carbonyl (C=O) groups excluding carboxylic acids is 3. The summed E-state index contributed by atoms with van der Waals surface area (Å²) in [7, 11) is 0. The van der Waals surface area contributed by atoms with Crippen LogP contribution in [0.25, 0.3) is 0 Å². The Morgan fingerprint density at radius 1 is 0.731 bits per heavy atom. The van der Waals surface area contributed by atoms with Gasteiger partial charge in [-0.25, -0.2) is 0 Å². The molecule has 0 aliphatic carbocycles. The van der Waals surface area contributed by atoms with E-state index in [-0.39, 0.29) is 11.8 Å². The van der Waals surface area contributed by atoms with Crippen LogP contribution in [0.1, 0.15) is 51.4 Å². The van der Waals surface area contributed by atoms with Gasteiger partial charge in [0.25, 0.3) is 0 Å². The van der Waals surface area contributed by atoms with E-state index in [2.05, 4.69) is 33.7 Å². The summed E-state index contributed by atoms with van der Waals surface area (Å²) in [5, 5.41) is 8.03. The van der Waals surface area contributed by atoms with Gasteiger partial charge in [0.2, 0.25) is 18.2 Å². The molecule has 0 spiro atoms. The third kappa shape index (κ3) is 23.4. The molecule has 0 bridgehead atoms. The summed E-state index contributed by atoms with van der Waals surface area (Å²) in [6, 6.07) is 0. The topological polar surface area (TPSA) is 87.3 Å². The van der Waals surface area contributed by atoms with Crippen molar-refractivity contribution in [3.8, 4) is 37.0 Å². The van der Waals surface area contributed by atoms with Crippen LogP contribution in [0.2, 0.25) is 0 Å². The Morgan fingerprint density at radius 3 is 1.58 bits per heavy atom. The van der Waals surface area contributed by atoms with Gasteiger partial charge in [0, 0.05) is 51.7 Å². The van der Waals surface area contributed by atoms with Crippen LogP contribution in [0, 0.1) is 37.0 Å². The van der Waals surface area contributed by atoms with E-state index >= 15 is 0 Å². The number of carbonyl (C=O) groups is 3. The molecule has 0 fully saturated rings. The van der Waals surface area contributed by atoms with Gasteiger partial charge in [0.15, 0.2) is 0 Å². The lowest BCUT2D eigenvalue weighted by Crippen LogP contribution is -2.25. The summed E-state index contributed by atoms with van der Waals surface area (Å²) in [4.78, 5) is 31.9. The standard InChI is InChI=1S/C15H22N2O2.C5H7NO/c1-3-5-10-14(18)16-12-8-7-9-13-17-15(19)11-6-4-2;1-2-3-4-6-5-7/h1-2H,5-13H2,(H,16,18)(H,17,19);1,5H,3-4H2,(H,6,7). The van der Waals surface area contributed by atoms with Gasteiger partial charge in [-0.1, -0.05) is 0 Å². The Hall–Kier alpha value is -2.91. The Kier molecular flexibility index (Phi) is 21.5. The molecule has 6 nitrogen and oxygen atoms in total. The molecule has 26 heavy (non-hydrogen) atoms. The SMILES string of the molecule is C#CCCC(=O)NCCCCCNC(=O)CCC#C.C#CCCNC=O. The van der Waals surface area contributed by atoms with Gasteiger partial charge in [-0.15, -0.1) is 37.0 Å². The Labute approximate surface area is 157 Å². The van der Waals surface area contributed by atoms with Gasteiger partial charge < -0.3 is 16.0 Å². The Morgan fingerprint density at radius 2 is 1.19 bits per heavy atom. The van der Waals surface area contributed by atoms with E-state index in [9.17, 15) is 14.4 Å². The van der Waals surface area contributed by atoms with Crippen LogP contribution >= 0.6 is 0 Å². The lowest BCUT2D eigenvalue weighted by Gasteiger charge is -2.05. The molecule has 3 N–H and O–H groups in total. The largest absolute Gasteiger partial charge is 0.358 e. The number of hydrogen-bond donors (Lipinski definition) is 3. The minimum atomic E-state index is 0.000498. The van der Waals surface area contributed by atoms with Crippen LogP contribution < -0.4 is 16.0 Å². The van der Waals surface area contributed by atoms with Crippen molar-refractivity contribution in [1.29, 1.82) is 0 Å². The third-order valence-corrected chi connectivity index (χ3v) is 2.99. The van der Waals surface area contributed by atoms with Crippen molar-refractivity contribution in [2.24, 2.45) is 0 Å². The summed E-state index contributed by atoms with van der Waals surface area (Å²) >= 11 is 0. The molecule has 0 aromatic rings. The van der Waals surface area contributed by atoms with E-state index in [1.54, 1.807) is 0 Å². The molecule has 0 aliphatic rings. The zero-order chi connectivity index (χ0) is 19.9. The molecular formula is C20H29N3O3. The van der Waals surface area contributed by atoms with Crippen molar-refractivity contribution in [1.82, 2.24) is 16.0 Å². The second kappa shape index (κ2) is 22.1. The molecule has 0 rings (SSSR count). The maximum absolute atomic E-state index is 11.2. The molecule has 142 valence electrons. The van der Waals surface area contributed by atoms with E-state index < -0.39 is 0 Å². The first-order chi connectivity index (χ1) is 12.6. The summed E-state index contributed by atoms with van der Waals surface area (Å²) in [6.07, 6.45) is 20.8. The fourth-order valence-corrected chi connectivity index (χ4v) is 1.63. The van der Waals surface area contributed by atoms with E-state index in [1.807, 2.05) is 0 Å². The summed E-state index contributed by atoms with van der Waals surface area (Å²) in [5.74, 6) is 7.24.